The minimum atomic E-state index is -1.07. The molecule has 0 bridgehead atoms. The SMILES string of the molecule is Cc1ccc(NC(=O)/C(C#N)=C\NC(C)C(=O)O)cc1. The predicted molar refractivity (Wildman–Crippen MR) is 73.7 cm³/mol. The first-order chi connectivity index (χ1) is 9.43. The molecule has 0 saturated carbocycles. The largest absolute Gasteiger partial charge is 0.480 e. The maximum absolute atomic E-state index is 11.8. The third-order valence-electron chi connectivity index (χ3n) is 2.52. The number of aryl methyl sites for hydroxylation is 1. The molecule has 0 radical (unpaired) electrons. The van der Waals surface area contributed by atoms with E-state index < -0.39 is 17.9 Å². The molecule has 1 atom stereocenters. The maximum atomic E-state index is 11.8. The van der Waals surface area contributed by atoms with Crippen molar-refractivity contribution < 1.29 is 14.7 Å². The van der Waals surface area contributed by atoms with Gasteiger partial charge in [-0.1, -0.05) is 17.7 Å². The fourth-order valence-electron chi connectivity index (χ4n) is 1.26. The van der Waals surface area contributed by atoms with Crippen LogP contribution in [-0.2, 0) is 9.59 Å². The Morgan fingerprint density at radius 1 is 1.35 bits per heavy atom. The van der Waals surface area contributed by atoms with E-state index in [-0.39, 0.29) is 5.57 Å². The Balaban J connectivity index is 2.73. The van der Waals surface area contributed by atoms with Crippen molar-refractivity contribution in [1.82, 2.24) is 5.32 Å². The van der Waals surface area contributed by atoms with E-state index >= 15 is 0 Å². The molecular formula is C14H15N3O3. The molecule has 0 aliphatic rings. The number of carboxylic acid groups (broad SMARTS) is 1. The van der Waals surface area contributed by atoms with Gasteiger partial charge < -0.3 is 15.7 Å². The second-order valence-corrected chi connectivity index (χ2v) is 4.22. The van der Waals surface area contributed by atoms with Crippen molar-refractivity contribution in [1.29, 1.82) is 5.26 Å². The number of nitrogens with zero attached hydrogens (tertiary/aromatic N) is 1. The summed E-state index contributed by atoms with van der Waals surface area (Å²) in [5, 5.41) is 22.6. The molecular weight excluding hydrogens is 258 g/mol. The van der Waals surface area contributed by atoms with E-state index in [0.29, 0.717) is 5.69 Å². The van der Waals surface area contributed by atoms with Crippen LogP contribution in [0, 0.1) is 18.3 Å². The van der Waals surface area contributed by atoms with Gasteiger partial charge >= 0.3 is 5.97 Å². The van der Waals surface area contributed by atoms with Crippen LogP contribution in [0.5, 0.6) is 0 Å². The molecule has 1 aromatic rings. The second kappa shape index (κ2) is 6.95. The summed E-state index contributed by atoms with van der Waals surface area (Å²) in [6.07, 6.45) is 1.10. The van der Waals surface area contributed by atoms with Gasteiger partial charge in [0, 0.05) is 11.9 Å². The van der Waals surface area contributed by atoms with Crippen LogP contribution >= 0.6 is 0 Å². The van der Waals surface area contributed by atoms with Crippen molar-refractivity contribution in [2.75, 3.05) is 5.32 Å². The Labute approximate surface area is 116 Å². The highest BCUT2D eigenvalue weighted by molar-refractivity contribution is 6.06. The van der Waals surface area contributed by atoms with Crippen LogP contribution in [0.2, 0.25) is 0 Å². The summed E-state index contributed by atoms with van der Waals surface area (Å²) in [6.45, 7) is 3.33. The van der Waals surface area contributed by atoms with Gasteiger partial charge in [0.15, 0.2) is 0 Å². The molecule has 0 aromatic heterocycles. The molecule has 1 rings (SSSR count). The van der Waals surface area contributed by atoms with E-state index in [1.54, 1.807) is 18.2 Å². The first-order valence-electron chi connectivity index (χ1n) is 5.91. The van der Waals surface area contributed by atoms with Gasteiger partial charge in [0.25, 0.3) is 5.91 Å². The van der Waals surface area contributed by atoms with E-state index in [9.17, 15) is 9.59 Å². The molecule has 6 heteroatoms. The number of benzene rings is 1. The summed E-state index contributed by atoms with van der Waals surface area (Å²) < 4.78 is 0. The zero-order chi connectivity index (χ0) is 15.1. The van der Waals surface area contributed by atoms with E-state index in [2.05, 4.69) is 10.6 Å². The Bertz CT molecular complexity index is 570. The summed E-state index contributed by atoms with van der Waals surface area (Å²) in [5.74, 6) is -1.67. The fourth-order valence-corrected chi connectivity index (χ4v) is 1.26. The van der Waals surface area contributed by atoms with Gasteiger partial charge in [-0.25, -0.2) is 0 Å². The van der Waals surface area contributed by atoms with Crippen LogP contribution in [0.15, 0.2) is 36.0 Å². The summed E-state index contributed by atoms with van der Waals surface area (Å²) in [4.78, 5) is 22.4. The molecule has 20 heavy (non-hydrogen) atoms. The molecule has 0 saturated heterocycles. The lowest BCUT2D eigenvalue weighted by Gasteiger charge is -2.07. The molecule has 1 amide bonds. The summed E-state index contributed by atoms with van der Waals surface area (Å²) in [5.41, 5.74) is 1.42. The monoisotopic (exact) mass is 273 g/mol. The van der Waals surface area contributed by atoms with Crippen molar-refractivity contribution in [3.8, 4) is 6.07 Å². The smallest absolute Gasteiger partial charge is 0.325 e. The molecule has 3 N–H and O–H groups in total. The van der Waals surface area contributed by atoms with Gasteiger partial charge in [-0.2, -0.15) is 5.26 Å². The minimum Gasteiger partial charge on any atom is -0.480 e. The molecule has 0 spiro atoms. The molecule has 104 valence electrons. The van der Waals surface area contributed by atoms with Crippen LogP contribution < -0.4 is 10.6 Å². The predicted octanol–water partition coefficient (Wildman–Crippen LogP) is 1.40. The number of hydrogen-bond acceptors (Lipinski definition) is 4. The molecule has 1 unspecified atom stereocenters. The van der Waals surface area contributed by atoms with Crippen LogP contribution in [-0.4, -0.2) is 23.0 Å². The Hall–Kier alpha value is -2.81. The highest BCUT2D eigenvalue weighted by atomic mass is 16.4. The zero-order valence-corrected chi connectivity index (χ0v) is 11.2. The average molecular weight is 273 g/mol. The standard InChI is InChI=1S/C14H15N3O3/c1-9-3-5-12(6-4-9)17-13(18)11(7-15)8-16-10(2)14(19)20/h3-6,8,10,16H,1-2H3,(H,17,18)(H,19,20)/b11-8-. The molecule has 0 aliphatic carbocycles. The van der Waals surface area contributed by atoms with Crippen molar-refractivity contribution in [3.05, 3.63) is 41.6 Å². The Kier molecular flexibility index (Phi) is 5.30. The van der Waals surface area contributed by atoms with Crippen LogP contribution in [0.3, 0.4) is 0 Å². The number of carbonyl (C=O) groups excluding carboxylic acids is 1. The van der Waals surface area contributed by atoms with E-state index in [1.807, 2.05) is 19.1 Å². The van der Waals surface area contributed by atoms with E-state index in [1.165, 1.54) is 6.92 Å². The first-order valence-corrected chi connectivity index (χ1v) is 5.91. The van der Waals surface area contributed by atoms with Gasteiger partial charge in [0.1, 0.15) is 17.7 Å². The lowest BCUT2D eigenvalue weighted by molar-refractivity contribution is -0.138. The van der Waals surface area contributed by atoms with E-state index in [4.69, 9.17) is 10.4 Å². The number of nitriles is 1. The lowest BCUT2D eigenvalue weighted by Crippen LogP contribution is -2.30. The number of hydrogen-bond donors (Lipinski definition) is 3. The molecule has 0 fully saturated rings. The van der Waals surface area contributed by atoms with Crippen molar-refractivity contribution in [2.45, 2.75) is 19.9 Å². The number of nitrogens with one attached hydrogen (secondary N) is 2. The van der Waals surface area contributed by atoms with Crippen LogP contribution in [0.25, 0.3) is 0 Å². The number of amides is 1. The molecule has 0 aliphatic heterocycles. The lowest BCUT2D eigenvalue weighted by atomic mass is 10.2. The number of carboxylic acids is 1. The average Bonchev–Trinajstić information content (AvgIpc) is 2.41. The number of rotatable bonds is 5. The topological polar surface area (TPSA) is 102 Å². The van der Waals surface area contributed by atoms with Gasteiger partial charge in [-0.15, -0.1) is 0 Å². The Morgan fingerprint density at radius 3 is 2.45 bits per heavy atom. The fraction of sp³-hybridized carbons (Fsp3) is 0.214. The first kappa shape index (κ1) is 15.2. The minimum absolute atomic E-state index is 0.196. The summed E-state index contributed by atoms with van der Waals surface area (Å²) >= 11 is 0. The normalized spacial score (nSPS) is 12.2. The van der Waals surface area contributed by atoms with Gasteiger partial charge in [0.2, 0.25) is 0 Å². The Morgan fingerprint density at radius 2 is 1.95 bits per heavy atom. The summed E-state index contributed by atoms with van der Waals surface area (Å²) in [6, 6.07) is 7.93. The number of anilines is 1. The molecule has 6 nitrogen and oxygen atoms in total. The van der Waals surface area contributed by atoms with Gasteiger partial charge in [-0.05, 0) is 26.0 Å². The maximum Gasteiger partial charge on any atom is 0.325 e. The van der Waals surface area contributed by atoms with Gasteiger partial charge in [0.05, 0.1) is 0 Å². The van der Waals surface area contributed by atoms with Crippen LogP contribution in [0.4, 0.5) is 5.69 Å². The molecule has 1 aromatic carbocycles. The zero-order valence-electron chi connectivity index (χ0n) is 11.2. The quantitative estimate of drug-likeness (QED) is 0.556. The highest BCUT2D eigenvalue weighted by Gasteiger charge is 2.12. The highest BCUT2D eigenvalue weighted by Crippen LogP contribution is 2.09. The second-order valence-electron chi connectivity index (χ2n) is 4.22. The van der Waals surface area contributed by atoms with Crippen molar-refractivity contribution in [2.24, 2.45) is 0 Å². The molecule has 0 heterocycles. The third-order valence-corrected chi connectivity index (χ3v) is 2.52. The van der Waals surface area contributed by atoms with E-state index in [0.717, 1.165) is 11.8 Å². The van der Waals surface area contributed by atoms with Gasteiger partial charge in [-0.3, -0.25) is 9.59 Å². The third kappa shape index (κ3) is 4.46. The van der Waals surface area contributed by atoms with Crippen molar-refractivity contribution >= 4 is 17.6 Å². The number of carbonyl (C=O) groups is 2. The number of aliphatic carboxylic acids is 1. The van der Waals surface area contributed by atoms with Crippen LogP contribution in [0.1, 0.15) is 12.5 Å². The summed E-state index contributed by atoms with van der Waals surface area (Å²) in [7, 11) is 0. The van der Waals surface area contributed by atoms with Crippen molar-refractivity contribution in [3.63, 3.8) is 0 Å².